The molecule has 9 nitrogen and oxygen atoms in total. The van der Waals surface area contributed by atoms with Crippen molar-refractivity contribution in [2.45, 2.75) is 47.1 Å². The Balaban J connectivity index is 1.85. The zero-order chi connectivity index (χ0) is 25.3. The Morgan fingerprint density at radius 2 is 1.62 bits per heavy atom. The molecule has 0 unspecified atom stereocenters. The van der Waals surface area contributed by atoms with Crippen molar-refractivity contribution in [2.24, 2.45) is 0 Å². The summed E-state index contributed by atoms with van der Waals surface area (Å²) < 4.78 is 38.0. The molecule has 1 aromatic carbocycles. The summed E-state index contributed by atoms with van der Waals surface area (Å²) in [5, 5.41) is 0. The van der Waals surface area contributed by atoms with Crippen LogP contribution in [0.4, 0.5) is 16.3 Å². The predicted octanol–water partition coefficient (Wildman–Crippen LogP) is 4.23. The maximum atomic E-state index is 12.4. The number of amides is 1. The molecule has 1 amide bonds. The highest BCUT2D eigenvalue weighted by Gasteiger charge is 2.27. The maximum absolute atomic E-state index is 12.4. The van der Waals surface area contributed by atoms with Crippen molar-refractivity contribution in [3.8, 4) is 11.6 Å². The average Bonchev–Trinajstić information content (AvgIpc) is 2.69. The highest BCUT2D eigenvalue weighted by Crippen LogP contribution is 2.35. The van der Waals surface area contributed by atoms with Crippen molar-refractivity contribution >= 4 is 27.6 Å². The number of ether oxygens (including phenoxy) is 2. The van der Waals surface area contributed by atoms with Gasteiger partial charge in [-0.1, -0.05) is 17.7 Å². The van der Waals surface area contributed by atoms with Gasteiger partial charge in [-0.25, -0.2) is 13.2 Å². The van der Waals surface area contributed by atoms with Crippen molar-refractivity contribution in [1.29, 1.82) is 0 Å². The van der Waals surface area contributed by atoms with Crippen molar-refractivity contribution in [3.63, 3.8) is 0 Å². The van der Waals surface area contributed by atoms with Gasteiger partial charge in [-0.3, -0.25) is 4.72 Å². The Kier molecular flexibility index (Phi) is 7.30. The Morgan fingerprint density at radius 1 is 1.03 bits per heavy atom. The first-order valence-corrected chi connectivity index (χ1v) is 13.1. The Bertz CT molecular complexity index is 1140. The molecule has 1 N–H and O–H groups in total. The molecular weight excluding hydrogens is 456 g/mol. The second-order valence-corrected chi connectivity index (χ2v) is 11.4. The van der Waals surface area contributed by atoms with E-state index < -0.39 is 15.6 Å². The first-order valence-electron chi connectivity index (χ1n) is 11.2. The van der Waals surface area contributed by atoms with Gasteiger partial charge < -0.3 is 19.3 Å². The molecule has 1 saturated heterocycles. The molecule has 0 saturated carbocycles. The summed E-state index contributed by atoms with van der Waals surface area (Å²) in [5.74, 6) is 1.45. The molecule has 3 rings (SSSR count). The minimum absolute atomic E-state index is 0.174. The lowest BCUT2D eigenvalue weighted by atomic mass is 10.1. The number of aromatic nitrogens is 1. The van der Waals surface area contributed by atoms with Gasteiger partial charge in [-0.15, -0.1) is 0 Å². The Hall–Kier alpha value is -3.01. The molecule has 2 aromatic rings. The zero-order valence-corrected chi connectivity index (χ0v) is 21.7. The molecule has 1 fully saturated rings. The van der Waals surface area contributed by atoms with Crippen molar-refractivity contribution < 1.29 is 22.7 Å². The van der Waals surface area contributed by atoms with E-state index in [9.17, 15) is 13.2 Å². The number of nitrogens with one attached hydrogen (secondary N) is 1. The van der Waals surface area contributed by atoms with Crippen LogP contribution in [0.5, 0.6) is 11.6 Å². The summed E-state index contributed by atoms with van der Waals surface area (Å²) in [4.78, 5) is 20.7. The lowest BCUT2D eigenvalue weighted by molar-refractivity contribution is 0.0240. The van der Waals surface area contributed by atoms with Crippen molar-refractivity contribution in [3.05, 3.63) is 41.0 Å². The van der Waals surface area contributed by atoms with Crippen LogP contribution in [0.15, 0.2) is 24.3 Å². The van der Waals surface area contributed by atoms with E-state index in [1.54, 1.807) is 17.0 Å². The second kappa shape index (κ2) is 9.69. The van der Waals surface area contributed by atoms with E-state index in [4.69, 9.17) is 9.47 Å². The highest BCUT2D eigenvalue weighted by molar-refractivity contribution is 7.92. The Labute approximate surface area is 202 Å². The molecule has 0 radical (unpaired) electrons. The van der Waals surface area contributed by atoms with E-state index in [0.717, 1.165) is 22.9 Å². The van der Waals surface area contributed by atoms with Crippen molar-refractivity contribution in [1.82, 2.24) is 9.88 Å². The number of sulfonamides is 1. The van der Waals surface area contributed by atoms with Crippen molar-refractivity contribution in [2.75, 3.05) is 42.1 Å². The molecule has 2 heterocycles. The summed E-state index contributed by atoms with van der Waals surface area (Å²) in [6.45, 7) is 13.5. The molecular formula is C24H34N4O5S. The molecule has 186 valence electrons. The van der Waals surface area contributed by atoms with Gasteiger partial charge in [-0.2, -0.15) is 4.98 Å². The summed E-state index contributed by atoms with van der Waals surface area (Å²) in [5.41, 5.74) is 2.69. The van der Waals surface area contributed by atoms with E-state index in [-0.39, 0.29) is 17.7 Å². The van der Waals surface area contributed by atoms with Gasteiger partial charge in [0.25, 0.3) is 0 Å². The minimum atomic E-state index is -3.53. The van der Waals surface area contributed by atoms with Gasteiger partial charge in [0.05, 0.1) is 6.26 Å². The van der Waals surface area contributed by atoms with Gasteiger partial charge in [-0.05, 0) is 64.8 Å². The normalized spacial score (nSPS) is 14.7. The van der Waals surface area contributed by atoms with Crippen LogP contribution in [0.3, 0.4) is 0 Å². The number of benzene rings is 1. The second-order valence-electron chi connectivity index (χ2n) is 9.68. The van der Waals surface area contributed by atoms with Crippen LogP contribution in [0.1, 0.15) is 37.5 Å². The molecule has 34 heavy (non-hydrogen) atoms. The van der Waals surface area contributed by atoms with E-state index in [0.29, 0.717) is 37.7 Å². The van der Waals surface area contributed by atoms with Gasteiger partial charge >= 0.3 is 6.09 Å². The first-order chi connectivity index (χ1) is 15.7. The topological polar surface area (TPSA) is 101 Å². The number of piperazine rings is 1. The SMILES string of the molecule is Cc1cc(C)c(Oc2nc(N3CCN(C(=O)OC(C)(C)C)CC3)ccc2NS(C)(=O)=O)c(C)c1. The van der Waals surface area contributed by atoms with Crippen LogP contribution in [0.25, 0.3) is 0 Å². The van der Waals surface area contributed by atoms with Crippen LogP contribution in [-0.2, 0) is 14.8 Å². The van der Waals surface area contributed by atoms with Gasteiger partial charge in [0.1, 0.15) is 22.9 Å². The van der Waals surface area contributed by atoms with Crippen LogP contribution >= 0.6 is 0 Å². The summed E-state index contributed by atoms with van der Waals surface area (Å²) >= 11 is 0. The monoisotopic (exact) mass is 490 g/mol. The zero-order valence-electron chi connectivity index (χ0n) is 20.9. The quantitative estimate of drug-likeness (QED) is 0.669. The van der Waals surface area contributed by atoms with E-state index in [2.05, 4.69) is 9.71 Å². The average molecular weight is 491 g/mol. The number of hydrogen-bond donors (Lipinski definition) is 1. The fraction of sp³-hybridized carbons (Fsp3) is 0.500. The molecule has 10 heteroatoms. The van der Waals surface area contributed by atoms with E-state index in [1.807, 2.05) is 58.6 Å². The number of aryl methyl sites for hydroxylation is 3. The molecule has 1 aromatic heterocycles. The number of carbonyl (C=O) groups is 1. The van der Waals surface area contributed by atoms with Crippen LogP contribution in [-0.4, -0.2) is 62.4 Å². The summed E-state index contributed by atoms with van der Waals surface area (Å²) in [6.07, 6.45) is 0.755. The molecule has 1 aliphatic rings. The number of pyridine rings is 1. The first kappa shape index (κ1) is 25.6. The lowest BCUT2D eigenvalue weighted by Gasteiger charge is -2.36. The lowest BCUT2D eigenvalue weighted by Crippen LogP contribution is -2.50. The number of anilines is 2. The third-order valence-electron chi connectivity index (χ3n) is 5.20. The van der Waals surface area contributed by atoms with Crippen LogP contribution in [0, 0.1) is 20.8 Å². The smallest absolute Gasteiger partial charge is 0.410 e. The van der Waals surface area contributed by atoms with Gasteiger partial charge in [0.15, 0.2) is 0 Å². The molecule has 0 aliphatic carbocycles. The molecule has 0 spiro atoms. The molecule has 0 atom stereocenters. The fourth-order valence-electron chi connectivity index (χ4n) is 3.83. The third kappa shape index (κ3) is 6.75. The number of rotatable bonds is 5. The molecule has 1 aliphatic heterocycles. The highest BCUT2D eigenvalue weighted by atomic mass is 32.2. The van der Waals surface area contributed by atoms with Gasteiger partial charge in [0.2, 0.25) is 15.9 Å². The predicted molar refractivity (Wildman–Crippen MR) is 133 cm³/mol. The Morgan fingerprint density at radius 3 is 2.15 bits per heavy atom. The van der Waals surface area contributed by atoms with Gasteiger partial charge in [0, 0.05) is 26.2 Å². The summed E-state index contributed by atoms with van der Waals surface area (Å²) in [6, 6.07) is 7.41. The number of nitrogens with zero attached hydrogens (tertiary/aromatic N) is 3. The third-order valence-corrected chi connectivity index (χ3v) is 5.79. The maximum Gasteiger partial charge on any atom is 0.410 e. The van der Waals surface area contributed by atoms with E-state index >= 15 is 0 Å². The number of hydrogen-bond acceptors (Lipinski definition) is 7. The standard InChI is InChI=1S/C24H34N4O5S/c1-16-14-17(2)21(18(3)15-16)32-22-19(26-34(7,30)31)8-9-20(25-22)27-10-12-28(13-11-27)23(29)33-24(4,5)6/h8-9,14-15,26H,10-13H2,1-7H3. The minimum Gasteiger partial charge on any atom is -0.444 e. The van der Waals surface area contributed by atoms with Crippen LogP contribution in [0.2, 0.25) is 0 Å². The van der Waals surface area contributed by atoms with E-state index in [1.165, 1.54) is 0 Å². The number of carbonyl (C=O) groups excluding carboxylic acids is 1. The summed E-state index contributed by atoms with van der Waals surface area (Å²) in [7, 11) is -3.53. The molecule has 0 bridgehead atoms. The van der Waals surface area contributed by atoms with Crippen LogP contribution < -0.4 is 14.4 Å². The largest absolute Gasteiger partial charge is 0.444 e. The fourth-order valence-corrected chi connectivity index (χ4v) is 4.39.